The summed E-state index contributed by atoms with van der Waals surface area (Å²) in [6.07, 6.45) is -1.93. The fourth-order valence-electron chi connectivity index (χ4n) is 4.42. The average Bonchev–Trinajstić information content (AvgIpc) is 3.51. The van der Waals surface area contributed by atoms with Gasteiger partial charge in [0.25, 0.3) is 0 Å². The number of hydrogen-bond donors (Lipinski definition) is 5. The van der Waals surface area contributed by atoms with Gasteiger partial charge >= 0.3 is 19.6 Å². The smallest absolute Gasteiger partial charge is 0.342 e. The van der Waals surface area contributed by atoms with Crippen molar-refractivity contribution < 1.29 is 43.1 Å². The molecule has 0 amide bonds. The number of aliphatic hydroxyl groups excluding tert-OH is 2. The van der Waals surface area contributed by atoms with Crippen LogP contribution in [-0.2, 0) is 32.9 Å². The van der Waals surface area contributed by atoms with Crippen LogP contribution in [0.1, 0.15) is 52.3 Å². The number of nitrogens with one attached hydrogen (secondary N) is 2. The van der Waals surface area contributed by atoms with E-state index in [1.54, 1.807) is 12.1 Å². The molecule has 2 aromatic heterocycles. The lowest BCUT2D eigenvalue weighted by molar-refractivity contribution is -0.146. The van der Waals surface area contributed by atoms with Crippen molar-refractivity contribution in [3.63, 3.8) is 0 Å². The van der Waals surface area contributed by atoms with Crippen LogP contribution in [0.5, 0.6) is 0 Å². The molecule has 3 rings (SSSR count). The SMILES string of the molecule is CCC(CC)COC(=O)[C@H](C)N[P@@](=O)(N[C@@H](C)C(=O)OC)OC[C@@]1(C#N)O[C@@H](c2ccc3c(N)ncnn23)[C@H](O)[C@@H]1O. The van der Waals surface area contributed by atoms with Crippen molar-refractivity contribution in [2.45, 2.75) is 76.5 Å². The molecular formula is C25H38N7O9P. The highest BCUT2D eigenvalue weighted by Gasteiger charge is 2.57. The molecule has 16 nitrogen and oxygen atoms in total. The molecule has 1 fully saturated rings. The van der Waals surface area contributed by atoms with E-state index >= 15 is 0 Å². The maximum absolute atomic E-state index is 13.9. The van der Waals surface area contributed by atoms with Gasteiger partial charge in [-0.1, -0.05) is 26.7 Å². The zero-order valence-electron chi connectivity index (χ0n) is 24.1. The summed E-state index contributed by atoms with van der Waals surface area (Å²) in [4.78, 5) is 28.6. The standard InChI is InChI=1S/C25H38N7O9P/c1-6-16(7-2)10-39-24(36)15(4)31-42(37,30-14(3)23(35)38-5)40-12-25(11-26)21(34)19(33)20(41-25)17-8-9-18-22(27)28-13-29-32(17)18/h8-9,13-16,19-21,33-34H,6-7,10,12H2,1-5H3,(H2,27,28,29)(H2,30,31,37)/t14-,15-,19-,20-,21-,25+,42+/m0/s1. The quantitative estimate of drug-likeness (QED) is 0.145. The lowest BCUT2D eigenvalue weighted by Crippen LogP contribution is -2.48. The summed E-state index contributed by atoms with van der Waals surface area (Å²) >= 11 is 0. The summed E-state index contributed by atoms with van der Waals surface area (Å²) in [6, 6.07) is 2.57. The van der Waals surface area contributed by atoms with Crippen molar-refractivity contribution in [2.24, 2.45) is 5.92 Å². The monoisotopic (exact) mass is 611 g/mol. The number of rotatable bonds is 14. The minimum atomic E-state index is -4.36. The van der Waals surface area contributed by atoms with Gasteiger partial charge in [0.2, 0.25) is 5.60 Å². The van der Waals surface area contributed by atoms with Crippen LogP contribution in [0.25, 0.3) is 5.52 Å². The number of nitrogen functional groups attached to an aromatic ring is 1. The van der Waals surface area contributed by atoms with Gasteiger partial charge < -0.3 is 34.7 Å². The minimum Gasteiger partial charge on any atom is -0.468 e. The number of fused-ring (bicyclic) bond motifs is 1. The van der Waals surface area contributed by atoms with Gasteiger partial charge in [-0.3, -0.25) is 14.2 Å². The number of aliphatic hydroxyl groups is 2. The van der Waals surface area contributed by atoms with Crippen molar-refractivity contribution in [2.75, 3.05) is 26.1 Å². The van der Waals surface area contributed by atoms with Gasteiger partial charge in [-0.25, -0.2) is 19.7 Å². The Balaban J connectivity index is 1.83. The number of hydrogen-bond acceptors (Lipinski definition) is 13. The van der Waals surface area contributed by atoms with E-state index < -0.39 is 62.2 Å². The Morgan fingerprint density at radius 1 is 1.24 bits per heavy atom. The lowest BCUT2D eigenvalue weighted by Gasteiger charge is -2.30. The number of nitrogens with zero attached hydrogens (tertiary/aromatic N) is 4. The molecular weight excluding hydrogens is 573 g/mol. The Kier molecular flexibility index (Phi) is 11.0. The Labute approximate surface area is 243 Å². The van der Waals surface area contributed by atoms with Crippen molar-refractivity contribution in [1.29, 1.82) is 5.26 Å². The summed E-state index contributed by atoms with van der Waals surface area (Å²) < 4.78 is 36.8. The van der Waals surface area contributed by atoms with E-state index in [4.69, 9.17) is 19.7 Å². The highest BCUT2D eigenvalue weighted by Crippen LogP contribution is 2.45. The van der Waals surface area contributed by atoms with Gasteiger partial charge in [-0.15, -0.1) is 0 Å². The third kappa shape index (κ3) is 7.07. The molecule has 0 aromatic carbocycles. The lowest BCUT2D eigenvalue weighted by atomic mass is 9.96. The maximum atomic E-state index is 13.9. The first-order chi connectivity index (χ1) is 19.8. The summed E-state index contributed by atoms with van der Waals surface area (Å²) in [5.74, 6) is -1.20. The van der Waals surface area contributed by atoms with Gasteiger partial charge in [0, 0.05) is 0 Å². The first-order valence-electron chi connectivity index (χ1n) is 13.4. The normalized spacial score (nSPS) is 25.1. The highest BCUT2D eigenvalue weighted by molar-refractivity contribution is 7.54. The maximum Gasteiger partial charge on any atom is 0.342 e. The molecule has 0 saturated carbocycles. The van der Waals surface area contributed by atoms with Gasteiger partial charge in [0.15, 0.2) is 5.82 Å². The zero-order chi connectivity index (χ0) is 31.2. The second kappa shape index (κ2) is 13.9. The Morgan fingerprint density at radius 3 is 2.48 bits per heavy atom. The number of nitriles is 1. The number of nitrogens with two attached hydrogens (primary N) is 1. The molecule has 6 N–H and O–H groups in total. The van der Waals surface area contributed by atoms with E-state index in [0.29, 0.717) is 5.52 Å². The summed E-state index contributed by atoms with van der Waals surface area (Å²) in [6.45, 7) is 6.00. The third-order valence-corrected chi connectivity index (χ3v) is 9.10. The zero-order valence-corrected chi connectivity index (χ0v) is 25.0. The second-order valence-electron chi connectivity index (χ2n) is 10.0. The van der Waals surface area contributed by atoms with E-state index in [9.17, 15) is 29.6 Å². The fraction of sp³-hybridized carbons (Fsp3) is 0.640. The van der Waals surface area contributed by atoms with Crippen LogP contribution in [0, 0.1) is 17.2 Å². The third-order valence-electron chi connectivity index (χ3n) is 7.15. The Bertz CT molecular complexity index is 1350. The molecule has 0 spiro atoms. The number of carbonyl (C=O) groups is 2. The van der Waals surface area contributed by atoms with Crippen LogP contribution in [0.15, 0.2) is 18.5 Å². The largest absolute Gasteiger partial charge is 0.468 e. The van der Waals surface area contributed by atoms with E-state index in [1.807, 2.05) is 13.8 Å². The molecule has 232 valence electrons. The number of aromatic nitrogens is 3. The van der Waals surface area contributed by atoms with E-state index in [0.717, 1.165) is 20.0 Å². The first kappa shape index (κ1) is 33.3. The predicted octanol–water partition coefficient (Wildman–Crippen LogP) is 0.600. The molecule has 3 heterocycles. The highest BCUT2D eigenvalue weighted by atomic mass is 31.2. The number of ether oxygens (including phenoxy) is 3. The molecule has 7 atom stereocenters. The van der Waals surface area contributed by atoms with Gasteiger partial charge in [0.1, 0.15) is 54.9 Å². The molecule has 1 aliphatic heterocycles. The van der Waals surface area contributed by atoms with Crippen molar-refractivity contribution in [3.8, 4) is 6.07 Å². The molecule has 1 aliphatic rings. The van der Waals surface area contributed by atoms with E-state index in [1.165, 1.54) is 30.8 Å². The molecule has 0 radical (unpaired) electrons. The van der Waals surface area contributed by atoms with Crippen LogP contribution < -0.4 is 15.9 Å². The Hall–Kier alpha value is -3.16. The fourth-order valence-corrected chi connectivity index (χ4v) is 6.24. The van der Waals surface area contributed by atoms with Crippen LogP contribution >= 0.6 is 7.67 Å². The summed E-state index contributed by atoms with van der Waals surface area (Å²) in [7, 11) is -3.23. The average molecular weight is 612 g/mol. The van der Waals surface area contributed by atoms with Crippen LogP contribution in [0.4, 0.5) is 5.82 Å². The van der Waals surface area contributed by atoms with Crippen LogP contribution in [0.3, 0.4) is 0 Å². The van der Waals surface area contributed by atoms with Gasteiger partial charge in [-0.05, 0) is 31.9 Å². The van der Waals surface area contributed by atoms with E-state index in [-0.39, 0.29) is 24.0 Å². The molecule has 17 heteroatoms. The number of carbonyl (C=O) groups excluding carboxylic acids is 2. The molecule has 0 aliphatic carbocycles. The summed E-state index contributed by atoms with van der Waals surface area (Å²) in [5, 5.41) is 41.0. The topological polar surface area (TPSA) is 233 Å². The molecule has 1 saturated heterocycles. The number of anilines is 1. The van der Waals surface area contributed by atoms with Crippen LogP contribution in [0.2, 0.25) is 0 Å². The molecule has 42 heavy (non-hydrogen) atoms. The van der Waals surface area contributed by atoms with Crippen molar-refractivity contribution in [3.05, 3.63) is 24.2 Å². The summed E-state index contributed by atoms with van der Waals surface area (Å²) in [5.41, 5.74) is 4.32. The first-order valence-corrected chi connectivity index (χ1v) is 15.1. The molecule has 0 unspecified atom stereocenters. The minimum absolute atomic E-state index is 0.151. The molecule has 0 bridgehead atoms. The second-order valence-corrected chi connectivity index (χ2v) is 11.9. The Morgan fingerprint density at radius 2 is 1.88 bits per heavy atom. The number of esters is 2. The van der Waals surface area contributed by atoms with Crippen molar-refractivity contribution in [1.82, 2.24) is 24.8 Å². The van der Waals surface area contributed by atoms with Crippen LogP contribution in [-0.4, -0.2) is 87.0 Å². The van der Waals surface area contributed by atoms with Gasteiger partial charge in [-0.2, -0.15) is 10.4 Å². The van der Waals surface area contributed by atoms with E-state index in [2.05, 4.69) is 25.0 Å². The molecule has 2 aromatic rings. The van der Waals surface area contributed by atoms with Crippen molar-refractivity contribution >= 4 is 30.9 Å². The van der Waals surface area contributed by atoms with Gasteiger partial charge in [0.05, 0.1) is 19.4 Å². The number of methoxy groups -OCH3 is 1. The predicted molar refractivity (Wildman–Crippen MR) is 147 cm³/mol.